The molecule has 5 heteroatoms. The van der Waals surface area contributed by atoms with Crippen LogP contribution in [0.1, 0.15) is 19.0 Å². The number of aromatic nitrogens is 2. The quantitative estimate of drug-likeness (QED) is 0.615. The Morgan fingerprint density at radius 3 is 2.93 bits per heavy atom. The molecule has 0 aliphatic carbocycles. The van der Waals surface area contributed by atoms with Gasteiger partial charge in [0.05, 0.1) is 5.69 Å². The van der Waals surface area contributed by atoms with Crippen molar-refractivity contribution < 1.29 is 9.50 Å². The van der Waals surface area contributed by atoms with Crippen LogP contribution in [0, 0.1) is 12.7 Å². The molecule has 1 rings (SSSR count). The molecule has 0 saturated carbocycles. The molecule has 0 fully saturated rings. The molecule has 1 aromatic heterocycles. The van der Waals surface area contributed by atoms with Gasteiger partial charge >= 0.3 is 0 Å². The Hall–Kier alpha value is -0.680. The van der Waals surface area contributed by atoms with Crippen molar-refractivity contribution in [3.63, 3.8) is 0 Å². The van der Waals surface area contributed by atoms with Crippen molar-refractivity contribution in [2.45, 2.75) is 30.5 Å². The van der Waals surface area contributed by atoms with Crippen LogP contribution in [0.5, 0.6) is 0 Å². The van der Waals surface area contributed by atoms with Crippen LogP contribution in [0.3, 0.4) is 0 Å². The van der Waals surface area contributed by atoms with E-state index in [9.17, 15) is 4.39 Å². The van der Waals surface area contributed by atoms with Crippen molar-refractivity contribution in [1.29, 1.82) is 0 Å². The monoisotopic (exact) mass is 216 g/mol. The van der Waals surface area contributed by atoms with Gasteiger partial charge in [-0.1, -0.05) is 6.92 Å². The highest BCUT2D eigenvalue weighted by atomic mass is 32.2. The summed E-state index contributed by atoms with van der Waals surface area (Å²) in [5.74, 6) is -0.359. The van der Waals surface area contributed by atoms with Crippen molar-refractivity contribution in [1.82, 2.24) is 9.97 Å². The molecule has 0 amide bonds. The Bertz CT molecular complexity index is 309. The molecule has 1 unspecified atom stereocenters. The zero-order chi connectivity index (χ0) is 10.6. The van der Waals surface area contributed by atoms with Crippen LogP contribution in [0.2, 0.25) is 0 Å². The van der Waals surface area contributed by atoms with E-state index in [4.69, 9.17) is 5.11 Å². The summed E-state index contributed by atoms with van der Waals surface area (Å²) in [6.45, 7) is 3.65. The standard InChI is InChI=1S/C9H13FN2OS/c1-6(3-4-13)14-9-8(10)7(2)11-5-12-9/h5-6,13H,3-4H2,1-2H3. The number of rotatable bonds is 4. The third-order valence-electron chi connectivity index (χ3n) is 1.78. The maximum Gasteiger partial charge on any atom is 0.176 e. The number of halogens is 1. The van der Waals surface area contributed by atoms with Crippen molar-refractivity contribution in [3.05, 3.63) is 17.8 Å². The van der Waals surface area contributed by atoms with E-state index in [2.05, 4.69) is 9.97 Å². The predicted molar refractivity (Wildman–Crippen MR) is 53.7 cm³/mol. The topological polar surface area (TPSA) is 46.0 Å². The summed E-state index contributed by atoms with van der Waals surface area (Å²) in [6, 6.07) is 0. The van der Waals surface area contributed by atoms with Crippen LogP contribution in [0.25, 0.3) is 0 Å². The minimum Gasteiger partial charge on any atom is -0.396 e. The minimum absolute atomic E-state index is 0.111. The highest BCUT2D eigenvalue weighted by Gasteiger charge is 2.11. The molecule has 0 bridgehead atoms. The summed E-state index contributed by atoms with van der Waals surface area (Å²) < 4.78 is 13.4. The Morgan fingerprint density at radius 2 is 2.29 bits per heavy atom. The summed E-state index contributed by atoms with van der Waals surface area (Å²) in [5, 5.41) is 9.21. The minimum atomic E-state index is -0.359. The second-order valence-corrected chi connectivity index (χ2v) is 4.45. The lowest BCUT2D eigenvalue weighted by molar-refractivity contribution is 0.289. The van der Waals surface area contributed by atoms with Crippen LogP contribution in [0.15, 0.2) is 11.4 Å². The lowest BCUT2D eigenvalue weighted by atomic mass is 10.3. The van der Waals surface area contributed by atoms with E-state index >= 15 is 0 Å². The first kappa shape index (κ1) is 11.4. The van der Waals surface area contributed by atoms with Crippen molar-refractivity contribution >= 4 is 11.8 Å². The molecule has 0 saturated heterocycles. The van der Waals surface area contributed by atoms with E-state index in [0.29, 0.717) is 17.1 Å². The summed E-state index contributed by atoms with van der Waals surface area (Å²) in [4.78, 5) is 7.60. The number of nitrogens with zero attached hydrogens (tertiary/aromatic N) is 2. The van der Waals surface area contributed by atoms with E-state index in [1.54, 1.807) is 6.92 Å². The molecule has 1 N–H and O–H groups in total. The third kappa shape index (κ3) is 2.92. The van der Waals surface area contributed by atoms with Gasteiger partial charge in [0.15, 0.2) is 5.82 Å². The van der Waals surface area contributed by atoms with Gasteiger partial charge in [0.2, 0.25) is 0 Å². The highest BCUT2D eigenvalue weighted by Crippen LogP contribution is 2.25. The average molecular weight is 216 g/mol. The maximum atomic E-state index is 13.4. The first-order chi connectivity index (χ1) is 6.65. The van der Waals surface area contributed by atoms with Crippen molar-refractivity contribution in [2.24, 2.45) is 0 Å². The van der Waals surface area contributed by atoms with Gasteiger partial charge in [-0.3, -0.25) is 0 Å². The average Bonchev–Trinajstić information content (AvgIpc) is 2.13. The van der Waals surface area contributed by atoms with Gasteiger partial charge < -0.3 is 5.11 Å². The number of thioether (sulfide) groups is 1. The number of aliphatic hydroxyl groups is 1. The molecular formula is C9H13FN2OS. The summed E-state index contributed by atoms with van der Waals surface area (Å²) >= 11 is 1.32. The van der Waals surface area contributed by atoms with Crippen molar-refractivity contribution in [3.8, 4) is 0 Å². The Morgan fingerprint density at radius 1 is 1.57 bits per heavy atom. The second kappa shape index (κ2) is 5.26. The van der Waals surface area contributed by atoms with E-state index in [0.717, 1.165) is 0 Å². The van der Waals surface area contributed by atoms with Crippen LogP contribution in [-0.2, 0) is 0 Å². The van der Waals surface area contributed by atoms with E-state index in [1.807, 2.05) is 6.92 Å². The first-order valence-electron chi connectivity index (χ1n) is 4.39. The SMILES string of the molecule is Cc1ncnc(SC(C)CCO)c1F. The second-order valence-electron chi connectivity index (χ2n) is 3.02. The number of hydrogen-bond acceptors (Lipinski definition) is 4. The largest absolute Gasteiger partial charge is 0.396 e. The Kier molecular flexibility index (Phi) is 4.28. The van der Waals surface area contributed by atoms with Crippen LogP contribution >= 0.6 is 11.8 Å². The predicted octanol–water partition coefficient (Wildman–Crippen LogP) is 1.79. The molecule has 78 valence electrons. The Labute approximate surface area is 86.8 Å². The molecule has 1 atom stereocenters. The fraction of sp³-hybridized carbons (Fsp3) is 0.556. The third-order valence-corrected chi connectivity index (χ3v) is 2.93. The van der Waals surface area contributed by atoms with Crippen molar-refractivity contribution in [2.75, 3.05) is 6.61 Å². The van der Waals surface area contributed by atoms with Gasteiger partial charge in [0.1, 0.15) is 11.4 Å². The molecule has 3 nitrogen and oxygen atoms in total. The summed E-state index contributed by atoms with van der Waals surface area (Å²) in [6.07, 6.45) is 1.99. The molecule has 1 aromatic rings. The van der Waals surface area contributed by atoms with E-state index in [1.165, 1.54) is 18.1 Å². The molecule has 14 heavy (non-hydrogen) atoms. The lowest BCUT2D eigenvalue weighted by Gasteiger charge is -2.09. The molecule has 0 spiro atoms. The highest BCUT2D eigenvalue weighted by molar-refractivity contribution is 7.99. The van der Waals surface area contributed by atoms with Gasteiger partial charge in [-0.2, -0.15) is 0 Å². The summed E-state index contributed by atoms with van der Waals surface area (Å²) in [5.41, 5.74) is 0.360. The molecule has 1 heterocycles. The number of aryl methyl sites for hydroxylation is 1. The number of hydrogen-bond donors (Lipinski definition) is 1. The molecule has 0 aromatic carbocycles. The first-order valence-corrected chi connectivity index (χ1v) is 5.27. The fourth-order valence-corrected chi connectivity index (χ4v) is 1.91. The van der Waals surface area contributed by atoms with E-state index < -0.39 is 0 Å². The van der Waals surface area contributed by atoms with Gasteiger partial charge in [-0.15, -0.1) is 11.8 Å². The molecule has 0 radical (unpaired) electrons. The van der Waals surface area contributed by atoms with E-state index in [-0.39, 0.29) is 17.7 Å². The fourth-order valence-electron chi connectivity index (χ4n) is 0.949. The van der Waals surface area contributed by atoms with Crippen LogP contribution in [-0.4, -0.2) is 26.9 Å². The van der Waals surface area contributed by atoms with Gasteiger partial charge in [-0.05, 0) is 13.3 Å². The lowest BCUT2D eigenvalue weighted by Crippen LogP contribution is -2.02. The zero-order valence-corrected chi connectivity index (χ0v) is 9.01. The maximum absolute atomic E-state index is 13.4. The molecule has 0 aliphatic rings. The van der Waals surface area contributed by atoms with Gasteiger partial charge in [0, 0.05) is 11.9 Å². The van der Waals surface area contributed by atoms with Crippen LogP contribution in [0.4, 0.5) is 4.39 Å². The van der Waals surface area contributed by atoms with Crippen LogP contribution < -0.4 is 0 Å². The van der Waals surface area contributed by atoms with Gasteiger partial charge in [-0.25, -0.2) is 14.4 Å². The smallest absolute Gasteiger partial charge is 0.176 e. The molecule has 0 aliphatic heterocycles. The molecular weight excluding hydrogens is 203 g/mol. The Balaban J connectivity index is 2.71. The normalized spacial score (nSPS) is 12.9. The zero-order valence-electron chi connectivity index (χ0n) is 8.20. The summed E-state index contributed by atoms with van der Waals surface area (Å²) in [7, 11) is 0. The number of aliphatic hydroxyl groups excluding tert-OH is 1. The van der Waals surface area contributed by atoms with Gasteiger partial charge in [0.25, 0.3) is 0 Å².